The van der Waals surface area contributed by atoms with E-state index in [9.17, 15) is 0 Å². The lowest BCUT2D eigenvalue weighted by molar-refractivity contribution is -0.102. The molecule has 2 heteroatoms. The second-order valence-corrected chi connectivity index (χ2v) is 17.3. The molecule has 0 aromatic rings. The van der Waals surface area contributed by atoms with Crippen LogP contribution in [0.3, 0.4) is 0 Å². The SMILES string of the molecule is CC(C)(C)[Si](C)(C)O[C@H]1CC[C@H]2[C@@H]3CC[C@@H]4C=CCC[C@]4(C)[C@H]3CC[C@]12C. The largest absolute Gasteiger partial charge is 0.413 e. The molecule has 0 bridgehead atoms. The molecule has 7 atom stereocenters. The maximum absolute atomic E-state index is 7.07. The normalized spacial score (nSPS) is 47.3. The molecule has 0 N–H and O–H groups in total. The highest BCUT2D eigenvalue weighted by atomic mass is 28.4. The van der Waals surface area contributed by atoms with Gasteiger partial charge in [0.15, 0.2) is 8.32 Å². The average Bonchev–Trinajstić information content (AvgIpc) is 2.89. The molecule has 0 radical (unpaired) electrons. The summed E-state index contributed by atoms with van der Waals surface area (Å²) in [7, 11) is -1.69. The molecule has 27 heavy (non-hydrogen) atoms. The number of fused-ring (bicyclic) bond motifs is 5. The number of rotatable bonds is 2. The highest BCUT2D eigenvalue weighted by molar-refractivity contribution is 6.74. The molecule has 0 amide bonds. The third kappa shape index (κ3) is 3.03. The number of hydrogen-bond donors (Lipinski definition) is 0. The van der Waals surface area contributed by atoms with E-state index in [0.29, 0.717) is 22.0 Å². The zero-order chi connectivity index (χ0) is 19.7. The van der Waals surface area contributed by atoms with E-state index >= 15 is 0 Å². The van der Waals surface area contributed by atoms with E-state index in [1.165, 1.54) is 51.4 Å². The van der Waals surface area contributed by atoms with Crippen LogP contribution in [0.25, 0.3) is 0 Å². The summed E-state index contributed by atoms with van der Waals surface area (Å²) in [5, 5.41) is 0.318. The Bertz CT molecular complexity index is 602. The topological polar surface area (TPSA) is 9.23 Å². The van der Waals surface area contributed by atoms with Crippen LogP contribution < -0.4 is 0 Å². The van der Waals surface area contributed by atoms with Crippen molar-refractivity contribution >= 4 is 8.32 Å². The van der Waals surface area contributed by atoms with E-state index in [-0.39, 0.29) is 0 Å². The van der Waals surface area contributed by atoms with Gasteiger partial charge in [0.05, 0.1) is 6.10 Å². The van der Waals surface area contributed by atoms with Crippen LogP contribution in [0.15, 0.2) is 12.2 Å². The first-order chi connectivity index (χ1) is 12.5. The van der Waals surface area contributed by atoms with Gasteiger partial charge in [-0.15, -0.1) is 0 Å². The van der Waals surface area contributed by atoms with E-state index < -0.39 is 8.32 Å². The fraction of sp³-hybridized carbons (Fsp3) is 0.920. The predicted molar refractivity (Wildman–Crippen MR) is 118 cm³/mol. The molecule has 1 nitrogen and oxygen atoms in total. The van der Waals surface area contributed by atoms with Crippen molar-refractivity contribution < 1.29 is 4.43 Å². The van der Waals surface area contributed by atoms with Gasteiger partial charge in [-0.3, -0.25) is 0 Å². The Balaban J connectivity index is 1.56. The van der Waals surface area contributed by atoms with Crippen molar-refractivity contribution in [3.63, 3.8) is 0 Å². The molecule has 0 saturated heterocycles. The van der Waals surface area contributed by atoms with Crippen molar-refractivity contribution in [1.82, 2.24) is 0 Å². The molecule has 0 aromatic carbocycles. The van der Waals surface area contributed by atoms with Crippen LogP contribution in [0.4, 0.5) is 0 Å². The quantitative estimate of drug-likeness (QED) is 0.350. The Morgan fingerprint density at radius 3 is 2.30 bits per heavy atom. The summed E-state index contributed by atoms with van der Waals surface area (Å²) in [6, 6.07) is 0. The molecule has 154 valence electrons. The molecule has 4 rings (SSSR count). The van der Waals surface area contributed by atoms with Gasteiger partial charge < -0.3 is 4.43 Å². The lowest BCUT2D eigenvalue weighted by Gasteiger charge is -2.59. The van der Waals surface area contributed by atoms with E-state index in [1.54, 1.807) is 0 Å². The molecule has 0 heterocycles. The first kappa shape index (κ1) is 20.2. The van der Waals surface area contributed by atoms with Crippen molar-refractivity contribution in [3.05, 3.63) is 12.2 Å². The molecule has 4 aliphatic carbocycles. The summed E-state index contributed by atoms with van der Waals surface area (Å²) in [5.74, 6) is 3.70. The Morgan fingerprint density at radius 2 is 1.59 bits per heavy atom. The Kier molecular flexibility index (Phi) is 4.83. The van der Waals surface area contributed by atoms with E-state index in [0.717, 1.165) is 23.7 Å². The van der Waals surface area contributed by atoms with Crippen molar-refractivity contribution in [2.75, 3.05) is 0 Å². The van der Waals surface area contributed by atoms with Gasteiger partial charge in [-0.05, 0) is 104 Å². The standard InChI is InChI=1S/C25H44OSi/c1-23(2,3)27(6,7)26-22-14-13-20-19-12-11-18-10-8-9-16-24(18,4)21(19)15-17-25(20,22)5/h8,10,18-22H,9,11-17H2,1-7H3/t18-,19-,20-,21-,22-,24-,25-/m0/s1. The summed E-state index contributed by atoms with van der Waals surface area (Å²) in [6.07, 6.45) is 16.8. The fourth-order valence-corrected chi connectivity index (χ4v) is 8.96. The summed E-state index contributed by atoms with van der Waals surface area (Å²) < 4.78 is 7.07. The van der Waals surface area contributed by atoms with E-state index in [1.807, 2.05) is 0 Å². The third-order valence-electron chi connectivity index (χ3n) is 10.3. The van der Waals surface area contributed by atoms with E-state index in [2.05, 4.69) is 59.9 Å². The molecule has 3 fully saturated rings. The molecule has 0 spiro atoms. The molecular weight excluding hydrogens is 344 g/mol. The zero-order valence-corrected chi connectivity index (χ0v) is 20.1. The molecule has 4 aliphatic rings. The van der Waals surface area contributed by atoms with E-state index in [4.69, 9.17) is 4.43 Å². The number of allylic oxidation sites excluding steroid dienone is 2. The Morgan fingerprint density at radius 1 is 0.889 bits per heavy atom. The van der Waals surface area contributed by atoms with Crippen LogP contribution in [-0.2, 0) is 4.43 Å². The van der Waals surface area contributed by atoms with Gasteiger partial charge in [0.1, 0.15) is 0 Å². The molecule has 0 aliphatic heterocycles. The lowest BCUT2D eigenvalue weighted by Crippen LogP contribution is -2.54. The Labute approximate surface area is 169 Å². The van der Waals surface area contributed by atoms with Crippen LogP contribution in [0.2, 0.25) is 18.1 Å². The smallest absolute Gasteiger partial charge is 0.192 e. The lowest BCUT2D eigenvalue weighted by atomic mass is 9.46. The van der Waals surface area contributed by atoms with Gasteiger partial charge in [-0.25, -0.2) is 0 Å². The summed E-state index contributed by atoms with van der Waals surface area (Å²) in [4.78, 5) is 0. The minimum Gasteiger partial charge on any atom is -0.413 e. The maximum Gasteiger partial charge on any atom is 0.192 e. The van der Waals surface area contributed by atoms with Gasteiger partial charge in [0.25, 0.3) is 0 Å². The van der Waals surface area contributed by atoms with Crippen LogP contribution in [0.1, 0.15) is 86.0 Å². The van der Waals surface area contributed by atoms with Gasteiger partial charge in [-0.2, -0.15) is 0 Å². The Hall–Kier alpha value is -0.0831. The van der Waals surface area contributed by atoms with Crippen molar-refractivity contribution in [2.45, 2.75) is 110 Å². The highest BCUT2D eigenvalue weighted by Crippen LogP contribution is 2.66. The maximum atomic E-state index is 7.07. The van der Waals surface area contributed by atoms with Crippen molar-refractivity contribution in [2.24, 2.45) is 34.5 Å². The monoisotopic (exact) mass is 388 g/mol. The van der Waals surface area contributed by atoms with Crippen LogP contribution in [-0.4, -0.2) is 14.4 Å². The summed E-state index contributed by atoms with van der Waals surface area (Å²) >= 11 is 0. The zero-order valence-electron chi connectivity index (χ0n) is 19.1. The van der Waals surface area contributed by atoms with Crippen LogP contribution in [0, 0.1) is 34.5 Å². The van der Waals surface area contributed by atoms with Gasteiger partial charge in [0.2, 0.25) is 0 Å². The second kappa shape index (κ2) is 6.46. The molecule has 3 saturated carbocycles. The highest BCUT2D eigenvalue weighted by Gasteiger charge is 2.60. The first-order valence-electron chi connectivity index (χ1n) is 11.8. The molecule has 0 aromatic heterocycles. The van der Waals surface area contributed by atoms with Crippen LogP contribution in [0.5, 0.6) is 0 Å². The van der Waals surface area contributed by atoms with Crippen molar-refractivity contribution in [3.8, 4) is 0 Å². The molecule has 0 unspecified atom stereocenters. The minimum atomic E-state index is -1.69. The fourth-order valence-electron chi connectivity index (χ4n) is 7.51. The predicted octanol–water partition coefficient (Wildman–Crippen LogP) is 7.59. The first-order valence-corrected chi connectivity index (χ1v) is 14.7. The van der Waals surface area contributed by atoms with Crippen molar-refractivity contribution in [1.29, 1.82) is 0 Å². The van der Waals surface area contributed by atoms with Gasteiger partial charge in [0, 0.05) is 0 Å². The van der Waals surface area contributed by atoms with Gasteiger partial charge >= 0.3 is 0 Å². The number of hydrogen-bond acceptors (Lipinski definition) is 1. The minimum absolute atomic E-state index is 0.318. The van der Waals surface area contributed by atoms with Gasteiger partial charge in [-0.1, -0.05) is 46.8 Å². The third-order valence-corrected chi connectivity index (χ3v) is 14.8. The summed E-state index contributed by atoms with van der Waals surface area (Å²) in [5.41, 5.74) is 1.02. The summed E-state index contributed by atoms with van der Waals surface area (Å²) in [6.45, 7) is 17.4. The average molecular weight is 389 g/mol. The second-order valence-electron chi connectivity index (χ2n) is 12.5. The van der Waals surface area contributed by atoms with Crippen LogP contribution >= 0.6 is 0 Å². The molecular formula is C25H44OSi.